The van der Waals surface area contributed by atoms with Crippen LogP contribution in [0.25, 0.3) is 11.1 Å². The van der Waals surface area contributed by atoms with Crippen LogP contribution in [0.15, 0.2) is 41.8 Å². The Morgan fingerprint density at radius 3 is 2.67 bits per heavy atom. The number of rotatable bonds is 6. The molecule has 1 heterocycles. The molecule has 0 atom stereocenters. The molecule has 2 rings (SSSR count). The summed E-state index contributed by atoms with van der Waals surface area (Å²) in [6.45, 7) is 2.40. The Balaban J connectivity index is 1.98. The minimum absolute atomic E-state index is 0.159. The molecule has 0 fully saturated rings. The van der Waals surface area contributed by atoms with Crippen molar-refractivity contribution in [3.8, 4) is 11.1 Å². The lowest BCUT2D eigenvalue weighted by Crippen LogP contribution is -2.26. The van der Waals surface area contributed by atoms with Crippen molar-refractivity contribution in [2.24, 2.45) is 0 Å². The molecule has 0 saturated carbocycles. The second-order valence-corrected chi connectivity index (χ2v) is 5.26. The molecule has 0 aliphatic heterocycles. The lowest BCUT2D eigenvalue weighted by atomic mass is 10.1. The van der Waals surface area contributed by atoms with Crippen molar-refractivity contribution >= 4 is 23.2 Å². The fourth-order valence-electron chi connectivity index (χ4n) is 1.92. The van der Waals surface area contributed by atoms with Crippen LogP contribution in [0.2, 0.25) is 0 Å². The van der Waals surface area contributed by atoms with E-state index in [1.54, 1.807) is 6.92 Å². The smallest absolute Gasteiger partial charge is 0.307 e. The summed E-state index contributed by atoms with van der Waals surface area (Å²) in [6, 6.07) is 11.7. The summed E-state index contributed by atoms with van der Waals surface area (Å²) in [5.74, 6) is -0.458. The molecule has 0 saturated heterocycles. The maximum Gasteiger partial charge on any atom is 0.307 e. The standard InChI is InChI=1S/C16H17NO3S/c1-2-20-14(18)8-10-17-16(19)15-13(9-11-21-15)12-6-4-3-5-7-12/h3-7,9,11H,2,8,10H2,1H3,(H,17,19). The Hall–Kier alpha value is -2.14. The number of hydrogen-bond donors (Lipinski definition) is 1. The normalized spacial score (nSPS) is 10.1. The molecule has 1 aromatic heterocycles. The highest BCUT2D eigenvalue weighted by molar-refractivity contribution is 7.12. The third-order valence-corrected chi connectivity index (χ3v) is 3.79. The summed E-state index contributed by atoms with van der Waals surface area (Å²) in [5.41, 5.74) is 1.92. The number of amides is 1. The van der Waals surface area contributed by atoms with Gasteiger partial charge in [0.15, 0.2) is 0 Å². The van der Waals surface area contributed by atoms with Crippen molar-refractivity contribution in [3.05, 3.63) is 46.7 Å². The van der Waals surface area contributed by atoms with Crippen LogP contribution in [-0.4, -0.2) is 25.0 Å². The van der Waals surface area contributed by atoms with E-state index in [0.717, 1.165) is 11.1 Å². The quantitative estimate of drug-likeness (QED) is 0.834. The van der Waals surface area contributed by atoms with Gasteiger partial charge in [0, 0.05) is 12.1 Å². The number of esters is 1. The van der Waals surface area contributed by atoms with E-state index in [1.807, 2.05) is 41.8 Å². The van der Waals surface area contributed by atoms with Crippen molar-refractivity contribution in [2.75, 3.05) is 13.2 Å². The summed E-state index contributed by atoms with van der Waals surface area (Å²) < 4.78 is 4.82. The van der Waals surface area contributed by atoms with Gasteiger partial charge in [-0.2, -0.15) is 0 Å². The first-order chi connectivity index (χ1) is 10.2. The Bertz CT molecular complexity index is 607. The predicted octanol–water partition coefficient (Wildman–Crippen LogP) is 3.10. The molecule has 21 heavy (non-hydrogen) atoms. The molecular formula is C16H17NO3S. The monoisotopic (exact) mass is 303 g/mol. The van der Waals surface area contributed by atoms with Gasteiger partial charge in [-0.15, -0.1) is 11.3 Å². The number of ether oxygens (including phenoxy) is 1. The second-order valence-electron chi connectivity index (χ2n) is 4.34. The third kappa shape index (κ3) is 4.16. The van der Waals surface area contributed by atoms with E-state index < -0.39 is 0 Å². The SMILES string of the molecule is CCOC(=O)CCNC(=O)c1sccc1-c1ccccc1. The van der Waals surface area contributed by atoms with Crippen LogP contribution < -0.4 is 5.32 Å². The van der Waals surface area contributed by atoms with Crippen LogP contribution in [0.1, 0.15) is 23.0 Å². The molecule has 0 radical (unpaired) electrons. The van der Waals surface area contributed by atoms with Crippen molar-refractivity contribution in [3.63, 3.8) is 0 Å². The van der Waals surface area contributed by atoms with E-state index in [2.05, 4.69) is 5.32 Å². The third-order valence-electron chi connectivity index (χ3n) is 2.88. The minimum Gasteiger partial charge on any atom is -0.466 e. The summed E-state index contributed by atoms with van der Waals surface area (Å²) in [6.07, 6.45) is 0.186. The number of carbonyl (C=O) groups excluding carboxylic acids is 2. The molecule has 2 aromatic rings. The van der Waals surface area contributed by atoms with E-state index in [0.29, 0.717) is 11.5 Å². The summed E-state index contributed by atoms with van der Waals surface area (Å²) in [5, 5.41) is 4.65. The van der Waals surface area contributed by atoms with Gasteiger partial charge < -0.3 is 10.1 Å². The van der Waals surface area contributed by atoms with Gasteiger partial charge >= 0.3 is 5.97 Å². The van der Waals surface area contributed by atoms with Crippen LogP contribution in [0.5, 0.6) is 0 Å². The number of benzene rings is 1. The number of thiophene rings is 1. The van der Waals surface area contributed by atoms with Crippen molar-refractivity contribution < 1.29 is 14.3 Å². The van der Waals surface area contributed by atoms with Gasteiger partial charge in [-0.25, -0.2) is 0 Å². The van der Waals surface area contributed by atoms with E-state index in [9.17, 15) is 9.59 Å². The summed E-state index contributed by atoms with van der Waals surface area (Å²) >= 11 is 1.39. The first kappa shape index (κ1) is 15.3. The van der Waals surface area contributed by atoms with Crippen LogP contribution in [0, 0.1) is 0 Å². The van der Waals surface area contributed by atoms with Gasteiger partial charge in [-0.1, -0.05) is 30.3 Å². The van der Waals surface area contributed by atoms with Gasteiger partial charge in [0.05, 0.1) is 17.9 Å². The van der Waals surface area contributed by atoms with E-state index in [4.69, 9.17) is 4.74 Å². The van der Waals surface area contributed by atoms with Crippen molar-refractivity contribution in [1.29, 1.82) is 0 Å². The lowest BCUT2D eigenvalue weighted by Gasteiger charge is -2.06. The van der Waals surface area contributed by atoms with Gasteiger partial charge in [0.25, 0.3) is 5.91 Å². The topological polar surface area (TPSA) is 55.4 Å². The molecule has 1 amide bonds. The maximum atomic E-state index is 12.2. The molecule has 5 heteroatoms. The second kappa shape index (κ2) is 7.59. The van der Waals surface area contributed by atoms with Crippen LogP contribution >= 0.6 is 11.3 Å². The number of hydrogen-bond acceptors (Lipinski definition) is 4. The van der Waals surface area contributed by atoms with Gasteiger partial charge in [-0.3, -0.25) is 9.59 Å². The lowest BCUT2D eigenvalue weighted by molar-refractivity contribution is -0.142. The first-order valence-electron chi connectivity index (χ1n) is 6.79. The largest absolute Gasteiger partial charge is 0.466 e. The fourth-order valence-corrected chi connectivity index (χ4v) is 2.75. The molecule has 0 spiro atoms. The number of carbonyl (C=O) groups is 2. The van der Waals surface area contributed by atoms with Crippen LogP contribution in [0.3, 0.4) is 0 Å². The maximum absolute atomic E-state index is 12.2. The van der Waals surface area contributed by atoms with E-state index in [-0.39, 0.29) is 24.8 Å². The Kier molecular flexibility index (Phi) is 5.51. The first-order valence-corrected chi connectivity index (χ1v) is 7.67. The number of nitrogens with one attached hydrogen (secondary N) is 1. The predicted molar refractivity (Wildman–Crippen MR) is 83.3 cm³/mol. The van der Waals surface area contributed by atoms with Gasteiger partial charge in [0.2, 0.25) is 0 Å². The highest BCUT2D eigenvalue weighted by Gasteiger charge is 2.14. The molecule has 0 aliphatic carbocycles. The minimum atomic E-state index is -0.299. The molecule has 1 aromatic carbocycles. The molecular weight excluding hydrogens is 286 g/mol. The highest BCUT2D eigenvalue weighted by Crippen LogP contribution is 2.27. The van der Waals surface area contributed by atoms with Crippen molar-refractivity contribution in [2.45, 2.75) is 13.3 Å². The average molecular weight is 303 g/mol. The molecule has 0 aliphatic rings. The summed E-state index contributed by atoms with van der Waals surface area (Å²) in [7, 11) is 0. The zero-order chi connectivity index (χ0) is 15.1. The van der Waals surface area contributed by atoms with Gasteiger partial charge in [-0.05, 0) is 23.9 Å². The Morgan fingerprint density at radius 2 is 1.95 bits per heavy atom. The Labute approximate surface area is 127 Å². The van der Waals surface area contributed by atoms with Gasteiger partial charge in [0.1, 0.15) is 0 Å². The fraction of sp³-hybridized carbons (Fsp3) is 0.250. The zero-order valence-electron chi connectivity index (χ0n) is 11.8. The van der Waals surface area contributed by atoms with Crippen LogP contribution in [-0.2, 0) is 9.53 Å². The highest BCUT2D eigenvalue weighted by atomic mass is 32.1. The zero-order valence-corrected chi connectivity index (χ0v) is 12.6. The molecule has 4 nitrogen and oxygen atoms in total. The van der Waals surface area contributed by atoms with Crippen molar-refractivity contribution in [1.82, 2.24) is 5.32 Å². The van der Waals surface area contributed by atoms with E-state index in [1.165, 1.54) is 11.3 Å². The van der Waals surface area contributed by atoms with E-state index >= 15 is 0 Å². The molecule has 1 N–H and O–H groups in total. The summed E-state index contributed by atoms with van der Waals surface area (Å²) in [4.78, 5) is 24.1. The Morgan fingerprint density at radius 1 is 1.19 bits per heavy atom. The molecule has 0 bridgehead atoms. The van der Waals surface area contributed by atoms with Crippen LogP contribution in [0.4, 0.5) is 0 Å². The molecule has 110 valence electrons. The average Bonchev–Trinajstić information content (AvgIpc) is 2.98. The molecule has 0 unspecified atom stereocenters.